The predicted octanol–water partition coefficient (Wildman–Crippen LogP) is 2.89. The van der Waals surface area contributed by atoms with E-state index >= 15 is 0 Å². The van der Waals surface area contributed by atoms with Crippen molar-refractivity contribution in [2.24, 2.45) is 11.8 Å². The van der Waals surface area contributed by atoms with Gasteiger partial charge in [0, 0.05) is 12.6 Å². The summed E-state index contributed by atoms with van der Waals surface area (Å²) in [6.45, 7) is 2.74. The highest BCUT2D eigenvalue weighted by Gasteiger charge is 2.60. The van der Waals surface area contributed by atoms with Gasteiger partial charge in [-0.25, -0.2) is 0 Å². The lowest BCUT2D eigenvalue weighted by atomic mass is 9.86. The van der Waals surface area contributed by atoms with Crippen molar-refractivity contribution in [2.45, 2.75) is 25.4 Å². The van der Waals surface area contributed by atoms with E-state index in [1.165, 1.54) is 4.90 Å². The molecule has 0 aliphatic carbocycles. The van der Waals surface area contributed by atoms with Gasteiger partial charge in [0.15, 0.2) is 0 Å². The maximum absolute atomic E-state index is 13.2. The molecule has 2 saturated heterocycles. The number of amides is 2. The van der Waals surface area contributed by atoms with Gasteiger partial charge in [-0.2, -0.15) is 0 Å². The molecule has 7 heteroatoms. The zero-order chi connectivity index (χ0) is 22.7. The molecule has 2 aromatic carbocycles. The summed E-state index contributed by atoms with van der Waals surface area (Å²) < 4.78 is 5.60. The summed E-state index contributed by atoms with van der Waals surface area (Å²) in [4.78, 5) is 39.3. The van der Waals surface area contributed by atoms with E-state index in [2.05, 4.69) is 5.32 Å². The van der Waals surface area contributed by atoms with Crippen LogP contribution in [0.3, 0.4) is 0 Å². The van der Waals surface area contributed by atoms with Gasteiger partial charge >= 0.3 is 5.97 Å². The second kappa shape index (κ2) is 9.36. The van der Waals surface area contributed by atoms with E-state index in [0.29, 0.717) is 12.4 Å². The van der Waals surface area contributed by atoms with Gasteiger partial charge < -0.3 is 9.84 Å². The Balaban J connectivity index is 1.55. The summed E-state index contributed by atoms with van der Waals surface area (Å²) >= 11 is 0. The Bertz CT molecular complexity index is 1020. The molecule has 2 fully saturated rings. The summed E-state index contributed by atoms with van der Waals surface area (Å²) in [5.41, 5.74) is 1.72. The van der Waals surface area contributed by atoms with Crippen molar-refractivity contribution < 1.29 is 24.2 Å². The number of imide groups is 1. The van der Waals surface area contributed by atoms with Crippen LogP contribution in [0, 0.1) is 11.8 Å². The van der Waals surface area contributed by atoms with E-state index in [4.69, 9.17) is 4.74 Å². The molecule has 2 N–H and O–H groups in total. The number of fused-ring (bicyclic) bond motifs is 1. The van der Waals surface area contributed by atoms with Crippen molar-refractivity contribution in [3.63, 3.8) is 0 Å². The normalized spacial score (nSPS) is 24.8. The number of benzene rings is 2. The van der Waals surface area contributed by atoms with Crippen LogP contribution in [0.2, 0.25) is 0 Å². The summed E-state index contributed by atoms with van der Waals surface area (Å²) in [6.07, 6.45) is 4.49. The average Bonchev–Trinajstić information content (AvgIpc) is 3.31. The van der Waals surface area contributed by atoms with Crippen LogP contribution < -0.4 is 10.1 Å². The number of nitrogens with one attached hydrogen (secondary N) is 1. The van der Waals surface area contributed by atoms with Crippen LogP contribution in [0.4, 0.5) is 0 Å². The van der Waals surface area contributed by atoms with Gasteiger partial charge in [0.2, 0.25) is 11.8 Å². The minimum absolute atomic E-state index is 0.114. The smallest absolute Gasteiger partial charge is 0.321 e. The van der Waals surface area contributed by atoms with Gasteiger partial charge in [0.25, 0.3) is 0 Å². The number of carboxylic acids is 1. The van der Waals surface area contributed by atoms with Crippen LogP contribution in [-0.2, 0) is 14.4 Å². The van der Waals surface area contributed by atoms with Gasteiger partial charge in [-0.3, -0.25) is 24.6 Å². The molecule has 7 nitrogen and oxygen atoms in total. The fourth-order valence-electron chi connectivity index (χ4n) is 4.43. The molecular formula is C25H26N2O5. The second-order valence-electron chi connectivity index (χ2n) is 8.03. The summed E-state index contributed by atoms with van der Waals surface area (Å²) in [5.74, 6) is -2.88. The molecule has 2 aliphatic rings. The Morgan fingerprint density at radius 3 is 2.41 bits per heavy atom. The van der Waals surface area contributed by atoms with Crippen LogP contribution >= 0.6 is 0 Å². The first-order valence-electron chi connectivity index (χ1n) is 10.8. The highest BCUT2D eigenvalue weighted by molar-refractivity contribution is 6.08. The lowest BCUT2D eigenvalue weighted by Crippen LogP contribution is -2.43. The van der Waals surface area contributed by atoms with E-state index in [1.807, 2.05) is 55.5 Å². The zero-order valence-electron chi connectivity index (χ0n) is 17.8. The lowest BCUT2D eigenvalue weighted by molar-refractivity contribution is -0.145. The molecule has 0 bridgehead atoms. The summed E-state index contributed by atoms with van der Waals surface area (Å²) in [5, 5.41) is 12.7. The van der Waals surface area contributed by atoms with Crippen molar-refractivity contribution in [2.75, 3.05) is 13.2 Å². The van der Waals surface area contributed by atoms with Crippen molar-refractivity contribution in [3.05, 3.63) is 71.8 Å². The molecule has 2 amide bonds. The quantitative estimate of drug-likeness (QED) is 0.621. The van der Waals surface area contributed by atoms with Gasteiger partial charge in [0.1, 0.15) is 11.8 Å². The molecule has 4 unspecified atom stereocenters. The summed E-state index contributed by atoms with van der Waals surface area (Å²) in [7, 11) is 0. The molecule has 0 radical (unpaired) electrons. The van der Waals surface area contributed by atoms with Gasteiger partial charge in [-0.15, -0.1) is 0 Å². The molecule has 0 spiro atoms. The third-order valence-electron chi connectivity index (χ3n) is 5.94. The van der Waals surface area contributed by atoms with Crippen LogP contribution in [0.1, 0.15) is 30.5 Å². The minimum Gasteiger partial charge on any atom is -0.494 e. The monoisotopic (exact) mass is 434 g/mol. The molecule has 0 saturated carbocycles. The van der Waals surface area contributed by atoms with Gasteiger partial charge in [-0.05, 0) is 29.7 Å². The SMILES string of the molecule is CCCOc1ccc(C2NC(C(=O)O)C3C(=O)N(C/C=C/c4ccccc4)C(=O)C23)cc1. The van der Waals surface area contributed by atoms with Crippen molar-refractivity contribution in [1.29, 1.82) is 0 Å². The molecule has 166 valence electrons. The standard InChI is InChI=1S/C25H26N2O5/c1-2-15-32-18-12-10-17(11-13-18)21-19-20(22(26-21)25(30)31)24(29)27(23(19)28)14-6-9-16-7-4-3-5-8-16/h3-13,19-22,26H,2,14-15H2,1H3,(H,30,31)/b9-6+. The number of likely N-dealkylation sites (tertiary alicyclic amines) is 1. The number of hydrogen-bond donors (Lipinski definition) is 2. The zero-order valence-corrected chi connectivity index (χ0v) is 17.8. The number of hydrogen-bond acceptors (Lipinski definition) is 5. The number of carbonyl (C=O) groups excluding carboxylic acids is 2. The molecule has 2 aromatic rings. The number of carbonyl (C=O) groups is 3. The molecule has 4 atom stereocenters. The van der Waals surface area contributed by atoms with Crippen LogP contribution in [0.25, 0.3) is 6.08 Å². The van der Waals surface area contributed by atoms with Crippen molar-refractivity contribution in [3.8, 4) is 5.75 Å². The third-order valence-corrected chi connectivity index (χ3v) is 5.94. The van der Waals surface area contributed by atoms with E-state index in [0.717, 1.165) is 17.5 Å². The van der Waals surface area contributed by atoms with E-state index in [-0.39, 0.29) is 12.5 Å². The van der Waals surface area contributed by atoms with Crippen LogP contribution in [0.15, 0.2) is 60.7 Å². The highest BCUT2D eigenvalue weighted by atomic mass is 16.5. The lowest BCUT2D eigenvalue weighted by Gasteiger charge is -2.21. The maximum Gasteiger partial charge on any atom is 0.321 e. The number of aliphatic carboxylic acids is 1. The Morgan fingerprint density at radius 1 is 1.06 bits per heavy atom. The van der Waals surface area contributed by atoms with Gasteiger partial charge in [0.05, 0.1) is 18.4 Å². The first-order chi connectivity index (χ1) is 15.5. The van der Waals surface area contributed by atoms with Crippen LogP contribution in [-0.4, -0.2) is 47.0 Å². The van der Waals surface area contributed by atoms with E-state index in [1.54, 1.807) is 18.2 Å². The van der Waals surface area contributed by atoms with Gasteiger partial charge in [-0.1, -0.05) is 61.5 Å². The number of ether oxygens (including phenoxy) is 1. The summed E-state index contributed by atoms with van der Waals surface area (Å²) in [6, 6.07) is 15.1. The predicted molar refractivity (Wildman–Crippen MR) is 119 cm³/mol. The highest BCUT2D eigenvalue weighted by Crippen LogP contribution is 2.44. The van der Waals surface area contributed by atoms with Crippen molar-refractivity contribution >= 4 is 23.9 Å². The molecule has 2 heterocycles. The second-order valence-corrected chi connectivity index (χ2v) is 8.03. The Morgan fingerprint density at radius 2 is 1.75 bits per heavy atom. The largest absolute Gasteiger partial charge is 0.494 e. The molecular weight excluding hydrogens is 408 g/mol. The first kappa shape index (κ1) is 21.8. The fourth-order valence-corrected chi connectivity index (χ4v) is 4.43. The minimum atomic E-state index is -1.13. The topological polar surface area (TPSA) is 95.9 Å². The number of rotatable bonds is 8. The number of carboxylic acid groups (broad SMARTS) is 1. The van der Waals surface area contributed by atoms with Crippen molar-refractivity contribution in [1.82, 2.24) is 10.2 Å². The van der Waals surface area contributed by atoms with E-state index < -0.39 is 35.8 Å². The Kier molecular flexibility index (Phi) is 6.37. The molecule has 2 aliphatic heterocycles. The average molecular weight is 434 g/mol. The van der Waals surface area contributed by atoms with E-state index in [9.17, 15) is 19.5 Å². The Hall–Kier alpha value is -3.45. The van der Waals surface area contributed by atoms with Crippen LogP contribution in [0.5, 0.6) is 5.75 Å². The first-order valence-corrected chi connectivity index (χ1v) is 10.8. The number of nitrogens with zero attached hydrogens (tertiary/aromatic N) is 1. The third kappa shape index (κ3) is 4.16. The molecule has 0 aromatic heterocycles. The fraction of sp³-hybridized carbons (Fsp3) is 0.320. The molecule has 4 rings (SSSR count). The molecule has 32 heavy (non-hydrogen) atoms. The Labute approximate surface area is 186 Å². The maximum atomic E-state index is 13.2.